The van der Waals surface area contributed by atoms with Gasteiger partial charge in [-0.1, -0.05) is 6.58 Å². The molecule has 0 bridgehead atoms. The van der Waals surface area contributed by atoms with Crippen molar-refractivity contribution < 1.29 is 47.4 Å². The Morgan fingerprint density at radius 3 is 1.09 bits per heavy atom. The molecule has 0 saturated carbocycles. The second-order valence-corrected chi connectivity index (χ2v) is 6.39. The molecule has 11 nitrogen and oxygen atoms in total. The number of carbonyl (C=O) groups is 1. The van der Waals surface area contributed by atoms with Crippen LogP contribution in [0.4, 0.5) is 0 Å². The molecular formula is C22H43NO10. The molecule has 0 aromatic carbocycles. The van der Waals surface area contributed by atoms with Gasteiger partial charge in [-0.25, -0.2) is 0 Å². The van der Waals surface area contributed by atoms with Gasteiger partial charge in [0.25, 0.3) is 0 Å². The molecule has 33 heavy (non-hydrogen) atoms. The lowest BCUT2D eigenvalue weighted by Crippen LogP contribution is -2.25. The molecule has 0 atom stereocenters. The quantitative estimate of drug-likeness (QED) is 0.122. The van der Waals surface area contributed by atoms with Crippen molar-refractivity contribution in [3.05, 3.63) is 12.7 Å². The van der Waals surface area contributed by atoms with Crippen LogP contribution in [0.5, 0.6) is 0 Å². The molecule has 0 rings (SSSR count). The van der Waals surface area contributed by atoms with Crippen LogP contribution in [0.3, 0.4) is 0 Å². The SMILES string of the molecule is C=CC(=O)NCCOCCOCCOCCOCCOCCOCCOCCOCCOC. The summed E-state index contributed by atoms with van der Waals surface area (Å²) in [7, 11) is 1.64. The van der Waals surface area contributed by atoms with Crippen molar-refractivity contribution in [3.63, 3.8) is 0 Å². The summed E-state index contributed by atoms with van der Waals surface area (Å²) in [6, 6.07) is 0. The van der Waals surface area contributed by atoms with Gasteiger partial charge in [0.15, 0.2) is 0 Å². The number of rotatable bonds is 28. The summed E-state index contributed by atoms with van der Waals surface area (Å²) < 4.78 is 47.9. The average molecular weight is 482 g/mol. The topological polar surface area (TPSA) is 112 Å². The van der Waals surface area contributed by atoms with E-state index in [1.165, 1.54) is 6.08 Å². The van der Waals surface area contributed by atoms with Gasteiger partial charge in [-0.3, -0.25) is 4.79 Å². The molecule has 0 saturated heterocycles. The van der Waals surface area contributed by atoms with Crippen LogP contribution < -0.4 is 5.32 Å². The molecule has 0 heterocycles. The van der Waals surface area contributed by atoms with Gasteiger partial charge in [-0.2, -0.15) is 0 Å². The van der Waals surface area contributed by atoms with Gasteiger partial charge >= 0.3 is 0 Å². The molecule has 11 heteroatoms. The van der Waals surface area contributed by atoms with Crippen molar-refractivity contribution in [2.24, 2.45) is 0 Å². The Bertz CT molecular complexity index is 415. The lowest BCUT2D eigenvalue weighted by molar-refractivity contribution is -0.116. The van der Waals surface area contributed by atoms with E-state index in [0.29, 0.717) is 119 Å². The predicted molar refractivity (Wildman–Crippen MR) is 122 cm³/mol. The van der Waals surface area contributed by atoms with E-state index < -0.39 is 0 Å². The Morgan fingerprint density at radius 2 is 0.818 bits per heavy atom. The second-order valence-electron chi connectivity index (χ2n) is 6.39. The number of hydrogen-bond acceptors (Lipinski definition) is 10. The first-order chi connectivity index (χ1) is 16.3. The fourth-order valence-electron chi connectivity index (χ4n) is 2.10. The van der Waals surface area contributed by atoms with E-state index in [1.54, 1.807) is 7.11 Å². The van der Waals surface area contributed by atoms with Gasteiger partial charge < -0.3 is 47.9 Å². The maximum absolute atomic E-state index is 10.9. The van der Waals surface area contributed by atoms with Crippen molar-refractivity contribution in [1.29, 1.82) is 0 Å². The van der Waals surface area contributed by atoms with Crippen LogP contribution in [-0.4, -0.2) is 132 Å². The average Bonchev–Trinajstić information content (AvgIpc) is 2.83. The van der Waals surface area contributed by atoms with Crippen molar-refractivity contribution in [3.8, 4) is 0 Å². The first-order valence-electron chi connectivity index (χ1n) is 11.3. The van der Waals surface area contributed by atoms with E-state index in [0.717, 1.165) is 0 Å². The van der Waals surface area contributed by atoms with Gasteiger partial charge in [0.05, 0.1) is 112 Å². The zero-order chi connectivity index (χ0) is 24.1. The van der Waals surface area contributed by atoms with E-state index in [2.05, 4.69) is 11.9 Å². The minimum atomic E-state index is -0.206. The van der Waals surface area contributed by atoms with Gasteiger partial charge in [0, 0.05) is 13.7 Å². The summed E-state index contributed by atoms with van der Waals surface area (Å²) in [4.78, 5) is 10.9. The summed E-state index contributed by atoms with van der Waals surface area (Å²) in [5.74, 6) is -0.206. The number of carbonyl (C=O) groups excluding carboxylic acids is 1. The van der Waals surface area contributed by atoms with Gasteiger partial charge in [-0.15, -0.1) is 0 Å². The van der Waals surface area contributed by atoms with Crippen LogP contribution in [0.1, 0.15) is 0 Å². The number of ether oxygens (including phenoxy) is 9. The molecule has 0 aliphatic carbocycles. The Kier molecular flexibility index (Phi) is 27.9. The van der Waals surface area contributed by atoms with E-state index in [-0.39, 0.29) is 5.91 Å². The van der Waals surface area contributed by atoms with Crippen LogP contribution in [0, 0.1) is 0 Å². The molecule has 196 valence electrons. The third-order valence-corrected chi connectivity index (χ3v) is 3.77. The minimum absolute atomic E-state index is 0.206. The van der Waals surface area contributed by atoms with Crippen LogP contribution >= 0.6 is 0 Å². The highest BCUT2D eigenvalue weighted by atomic mass is 16.6. The summed E-state index contributed by atoms with van der Waals surface area (Å²) >= 11 is 0. The highest BCUT2D eigenvalue weighted by Crippen LogP contribution is 1.86. The summed E-state index contributed by atoms with van der Waals surface area (Å²) in [6.07, 6.45) is 1.23. The lowest BCUT2D eigenvalue weighted by atomic mass is 10.5. The third kappa shape index (κ3) is 28.8. The molecule has 0 aromatic rings. The molecule has 0 radical (unpaired) electrons. The number of methoxy groups -OCH3 is 1. The second kappa shape index (κ2) is 28.9. The van der Waals surface area contributed by atoms with Crippen molar-refractivity contribution in [2.75, 3.05) is 126 Å². The molecule has 0 aliphatic rings. The van der Waals surface area contributed by atoms with Gasteiger partial charge in [0.1, 0.15) is 0 Å². The number of amides is 1. The Balaban J connectivity index is 3.02. The fourth-order valence-corrected chi connectivity index (χ4v) is 2.10. The predicted octanol–water partition coefficient (Wildman–Crippen LogP) is 0.0678. The lowest BCUT2D eigenvalue weighted by Gasteiger charge is -2.08. The van der Waals surface area contributed by atoms with E-state index in [9.17, 15) is 4.79 Å². The smallest absolute Gasteiger partial charge is 0.243 e. The molecule has 0 spiro atoms. The third-order valence-electron chi connectivity index (χ3n) is 3.77. The molecule has 0 fully saturated rings. The first kappa shape index (κ1) is 31.9. The van der Waals surface area contributed by atoms with E-state index in [1.807, 2.05) is 0 Å². The highest BCUT2D eigenvalue weighted by molar-refractivity contribution is 5.86. The van der Waals surface area contributed by atoms with Crippen LogP contribution in [0.15, 0.2) is 12.7 Å². The molecule has 0 unspecified atom stereocenters. The normalized spacial score (nSPS) is 11.1. The van der Waals surface area contributed by atoms with Gasteiger partial charge in [0.2, 0.25) is 5.91 Å². The Morgan fingerprint density at radius 1 is 0.545 bits per heavy atom. The summed E-state index contributed by atoms with van der Waals surface area (Å²) in [5, 5.41) is 2.62. The molecule has 1 amide bonds. The zero-order valence-electron chi connectivity index (χ0n) is 20.1. The van der Waals surface area contributed by atoms with Crippen molar-refractivity contribution in [2.45, 2.75) is 0 Å². The summed E-state index contributed by atoms with van der Waals surface area (Å²) in [5.41, 5.74) is 0. The monoisotopic (exact) mass is 481 g/mol. The Hall–Kier alpha value is -1.15. The number of hydrogen-bond donors (Lipinski definition) is 1. The molecule has 1 N–H and O–H groups in total. The van der Waals surface area contributed by atoms with Crippen LogP contribution in [0.25, 0.3) is 0 Å². The zero-order valence-corrected chi connectivity index (χ0v) is 20.1. The molecule has 0 aromatic heterocycles. The fraction of sp³-hybridized carbons (Fsp3) is 0.864. The van der Waals surface area contributed by atoms with Crippen LogP contribution in [-0.2, 0) is 47.4 Å². The highest BCUT2D eigenvalue weighted by Gasteiger charge is 1.96. The maximum atomic E-state index is 10.9. The molecule has 0 aliphatic heterocycles. The van der Waals surface area contributed by atoms with Crippen molar-refractivity contribution in [1.82, 2.24) is 5.32 Å². The van der Waals surface area contributed by atoms with E-state index >= 15 is 0 Å². The van der Waals surface area contributed by atoms with Crippen molar-refractivity contribution >= 4 is 5.91 Å². The Labute approximate surface area is 197 Å². The van der Waals surface area contributed by atoms with E-state index in [4.69, 9.17) is 42.6 Å². The standard InChI is InChI=1S/C22H43NO10/c1-3-22(24)23-4-5-26-8-9-28-12-13-30-16-17-32-20-21-33-19-18-31-15-14-29-11-10-27-7-6-25-2/h3H,1,4-21H2,2H3,(H,23,24). The number of nitrogens with one attached hydrogen (secondary N) is 1. The molecular weight excluding hydrogens is 438 g/mol. The largest absolute Gasteiger partial charge is 0.382 e. The maximum Gasteiger partial charge on any atom is 0.243 e. The summed E-state index contributed by atoms with van der Waals surface area (Å²) in [6.45, 7) is 12.6. The minimum Gasteiger partial charge on any atom is -0.382 e. The first-order valence-corrected chi connectivity index (χ1v) is 11.3. The van der Waals surface area contributed by atoms with Crippen LogP contribution in [0.2, 0.25) is 0 Å². The van der Waals surface area contributed by atoms with Gasteiger partial charge in [-0.05, 0) is 6.08 Å².